The first-order chi connectivity index (χ1) is 9.69. The maximum Gasteiger partial charge on any atom is 0.123 e. The first-order valence-corrected chi connectivity index (χ1v) is 7.88. The van der Waals surface area contributed by atoms with Gasteiger partial charge in [-0.15, -0.1) is 0 Å². The average Bonchev–Trinajstić information content (AvgIpc) is 2.45. The first-order valence-electron chi connectivity index (χ1n) is 7.88. The van der Waals surface area contributed by atoms with Crippen molar-refractivity contribution in [2.75, 3.05) is 26.2 Å². The highest BCUT2D eigenvalue weighted by Crippen LogP contribution is 2.20. The van der Waals surface area contributed by atoms with E-state index in [2.05, 4.69) is 24.1 Å². The molecule has 2 rings (SSSR count). The Hall–Kier alpha value is -0.930. The summed E-state index contributed by atoms with van der Waals surface area (Å²) in [6, 6.07) is 7.50. The van der Waals surface area contributed by atoms with Crippen LogP contribution < -0.4 is 5.32 Å². The Morgan fingerprint density at radius 3 is 2.75 bits per heavy atom. The van der Waals surface area contributed by atoms with Crippen LogP contribution in [-0.2, 0) is 6.42 Å². The number of likely N-dealkylation sites (tertiary alicyclic amines) is 1. The summed E-state index contributed by atoms with van der Waals surface area (Å²) in [5, 5.41) is 3.45. The molecule has 0 saturated carbocycles. The molecule has 20 heavy (non-hydrogen) atoms. The lowest BCUT2D eigenvalue weighted by Crippen LogP contribution is -2.42. The highest BCUT2D eigenvalue weighted by molar-refractivity contribution is 5.17. The van der Waals surface area contributed by atoms with Crippen LogP contribution in [0, 0.1) is 11.7 Å². The molecular weight excluding hydrogens is 251 g/mol. The number of nitrogens with zero attached hydrogens (tertiary/aromatic N) is 1. The van der Waals surface area contributed by atoms with Gasteiger partial charge in [-0.25, -0.2) is 4.39 Å². The summed E-state index contributed by atoms with van der Waals surface area (Å²) in [4.78, 5) is 2.55. The molecule has 3 heteroatoms. The van der Waals surface area contributed by atoms with Gasteiger partial charge in [0.05, 0.1) is 0 Å². The second-order valence-corrected chi connectivity index (χ2v) is 5.97. The van der Waals surface area contributed by atoms with Crippen molar-refractivity contribution in [3.8, 4) is 0 Å². The zero-order chi connectivity index (χ0) is 14.4. The molecule has 0 aromatic heterocycles. The third-order valence-electron chi connectivity index (χ3n) is 4.38. The van der Waals surface area contributed by atoms with Crippen LogP contribution >= 0.6 is 0 Å². The molecular formula is C17H27FN2. The fourth-order valence-electron chi connectivity index (χ4n) is 3.08. The Kier molecular flexibility index (Phi) is 5.99. The smallest absolute Gasteiger partial charge is 0.123 e. The predicted octanol–water partition coefficient (Wildman–Crippen LogP) is 3.08. The average molecular weight is 278 g/mol. The number of rotatable bonds is 6. The minimum atomic E-state index is -0.126. The molecule has 1 aliphatic rings. The third-order valence-corrected chi connectivity index (χ3v) is 4.38. The summed E-state index contributed by atoms with van der Waals surface area (Å²) in [5.41, 5.74) is 1.10. The van der Waals surface area contributed by atoms with Crippen LogP contribution in [0.3, 0.4) is 0 Å². The fourth-order valence-corrected chi connectivity index (χ4v) is 3.08. The number of nitrogens with one attached hydrogen (secondary N) is 1. The van der Waals surface area contributed by atoms with E-state index in [-0.39, 0.29) is 5.82 Å². The molecule has 0 aliphatic carbocycles. The van der Waals surface area contributed by atoms with Crippen molar-refractivity contribution in [2.45, 2.75) is 39.2 Å². The Labute approximate surface area is 122 Å². The molecule has 1 aromatic rings. The van der Waals surface area contributed by atoms with Crippen molar-refractivity contribution < 1.29 is 4.39 Å². The molecule has 112 valence electrons. The van der Waals surface area contributed by atoms with E-state index in [0.717, 1.165) is 31.0 Å². The van der Waals surface area contributed by atoms with E-state index in [0.29, 0.717) is 6.04 Å². The molecule has 2 nitrogen and oxygen atoms in total. The summed E-state index contributed by atoms with van der Waals surface area (Å²) >= 11 is 0. The van der Waals surface area contributed by atoms with Gasteiger partial charge in [-0.05, 0) is 76.0 Å². The van der Waals surface area contributed by atoms with Gasteiger partial charge in [-0.3, -0.25) is 0 Å². The number of piperidine rings is 1. The summed E-state index contributed by atoms with van der Waals surface area (Å²) in [6.45, 7) is 8.99. The topological polar surface area (TPSA) is 15.3 Å². The van der Waals surface area contributed by atoms with Crippen molar-refractivity contribution in [3.63, 3.8) is 0 Å². The Bertz CT molecular complexity index is 400. The maximum absolute atomic E-state index is 13.2. The van der Waals surface area contributed by atoms with E-state index < -0.39 is 0 Å². The van der Waals surface area contributed by atoms with Crippen LogP contribution in [-0.4, -0.2) is 37.1 Å². The number of halogens is 1. The summed E-state index contributed by atoms with van der Waals surface area (Å²) in [5.74, 6) is 0.701. The van der Waals surface area contributed by atoms with Gasteiger partial charge in [0, 0.05) is 6.04 Å². The minimum absolute atomic E-state index is 0.126. The molecule has 0 radical (unpaired) electrons. The van der Waals surface area contributed by atoms with Gasteiger partial charge in [0.1, 0.15) is 5.82 Å². The zero-order valence-corrected chi connectivity index (χ0v) is 12.7. The van der Waals surface area contributed by atoms with Crippen molar-refractivity contribution in [2.24, 2.45) is 5.92 Å². The van der Waals surface area contributed by atoms with Gasteiger partial charge in [-0.1, -0.05) is 19.1 Å². The highest BCUT2D eigenvalue weighted by Gasteiger charge is 2.22. The highest BCUT2D eigenvalue weighted by atomic mass is 19.1. The van der Waals surface area contributed by atoms with Crippen LogP contribution in [0.15, 0.2) is 24.3 Å². The normalized spacial score (nSPS) is 19.1. The molecule has 1 N–H and O–H groups in total. The first kappa shape index (κ1) is 15.5. The van der Waals surface area contributed by atoms with E-state index in [9.17, 15) is 4.39 Å². The molecule has 1 aliphatic heterocycles. The van der Waals surface area contributed by atoms with Crippen LogP contribution in [0.25, 0.3) is 0 Å². The standard InChI is InChI=1S/C17H27FN2/c1-3-19-13-15-7-9-20(10-8-15)14(2)11-16-5-4-6-17(18)12-16/h4-6,12,14-15,19H,3,7-11,13H2,1-2H3. The summed E-state index contributed by atoms with van der Waals surface area (Å²) in [7, 11) is 0. The molecule has 0 bridgehead atoms. The van der Waals surface area contributed by atoms with Gasteiger partial charge in [-0.2, -0.15) is 0 Å². The van der Waals surface area contributed by atoms with Crippen LogP contribution in [0.2, 0.25) is 0 Å². The van der Waals surface area contributed by atoms with E-state index in [1.807, 2.05) is 6.07 Å². The lowest BCUT2D eigenvalue weighted by molar-refractivity contribution is 0.139. The van der Waals surface area contributed by atoms with Crippen molar-refractivity contribution in [1.29, 1.82) is 0 Å². The van der Waals surface area contributed by atoms with Gasteiger partial charge in [0.25, 0.3) is 0 Å². The van der Waals surface area contributed by atoms with Crippen LogP contribution in [0.5, 0.6) is 0 Å². The second kappa shape index (κ2) is 7.75. The van der Waals surface area contributed by atoms with Crippen LogP contribution in [0.4, 0.5) is 4.39 Å². The summed E-state index contributed by atoms with van der Waals surface area (Å²) in [6.07, 6.45) is 3.50. The summed E-state index contributed by atoms with van der Waals surface area (Å²) < 4.78 is 13.2. The van der Waals surface area contributed by atoms with Crippen molar-refractivity contribution in [3.05, 3.63) is 35.6 Å². The van der Waals surface area contributed by atoms with Gasteiger partial charge >= 0.3 is 0 Å². The predicted molar refractivity (Wildman–Crippen MR) is 82.4 cm³/mol. The second-order valence-electron chi connectivity index (χ2n) is 5.97. The number of benzene rings is 1. The monoisotopic (exact) mass is 278 g/mol. The SMILES string of the molecule is CCNCC1CCN(C(C)Cc2cccc(F)c2)CC1. The molecule has 1 aromatic carbocycles. The van der Waals surface area contributed by atoms with E-state index in [1.54, 1.807) is 12.1 Å². The molecule has 0 spiro atoms. The lowest BCUT2D eigenvalue weighted by atomic mass is 9.94. The van der Waals surface area contributed by atoms with E-state index in [4.69, 9.17) is 0 Å². The molecule has 1 atom stereocenters. The van der Waals surface area contributed by atoms with Crippen molar-refractivity contribution in [1.82, 2.24) is 10.2 Å². The zero-order valence-electron chi connectivity index (χ0n) is 12.7. The molecule has 0 amide bonds. The molecule has 1 fully saturated rings. The van der Waals surface area contributed by atoms with Gasteiger partial charge in [0.15, 0.2) is 0 Å². The Balaban J connectivity index is 1.78. The Morgan fingerprint density at radius 2 is 2.10 bits per heavy atom. The van der Waals surface area contributed by atoms with Gasteiger partial charge < -0.3 is 10.2 Å². The molecule has 1 heterocycles. The maximum atomic E-state index is 13.2. The lowest BCUT2D eigenvalue weighted by Gasteiger charge is -2.36. The largest absolute Gasteiger partial charge is 0.317 e. The molecule has 1 saturated heterocycles. The number of hydrogen-bond acceptors (Lipinski definition) is 2. The Morgan fingerprint density at radius 1 is 1.35 bits per heavy atom. The van der Waals surface area contributed by atoms with Crippen molar-refractivity contribution >= 4 is 0 Å². The fraction of sp³-hybridized carbons (Fsp3) is 0.647. The number of hydrogen-bond donors (Lipinski definition) is 1. The van der Waals surface area contributed by atoms with E-state index >= 15 is 0 Å². The quantitative estimate of drug-likeness (QED) is 0.860. The van der Waals surface area contributed by atoms with Gasteiger partial charge in [0.2, 0.25) is 0 Å². The third kappa shape index (κ3) is 4.57. The minimum Gasteiger partial charge on any atom is -0.317 e. The molecule has 1 unspecified atom stereocenters. The van der Waals surface area contributed by atoms with Crippen LogP contribution in [0.1, 0.15) is 32.3 Å². The van der Waals surface area contributed by atoms with E-state index in [1.165, 1.54) is 32.0 Å².